The fourth-order valence-electron chi connectivity index (χ4n) is 4.63. The van der Waals surface area contributed by atoms with E-state index in [4.69, 9.17) is 0 Å². The van der Waals surface area contributed by atoms with Gasteiger partial charge in [0.2, 0.25) is 0 Å². The van der Waals surface area contributed by atoms with Gasteiger partial charge in [0.05, 0.1) is 0 Å². The van der Waals surface area contributed by atoms with E-state index in [0.717, 1.165) is 30.5 Å². The van der Waals surface area contributed by atoms with Crippen LogP contribution in [0.2, 0.25) is 0 Å². The molecule has 2 fully saturated rings. The molecular formula is C18H36N2. The Hall–Kier alpha value is -0.0800. The van der Waals surface area contributed by atoms with Crippen LogP contribution in [0.1, 0.15) is 71.6 Å². The first-order chi connectivity index (χ1) is 9.74. The fraction of sp³-hybridized carbons (Fsp3) is 1.00. The minimum absolute atomic E-state index is 0.775. The average molecular weight is 281 g/mol. The van der Waals surface area contributed by atoms with E-state index in [9.17, 15) is 0 Å². The van der Waals surface area contributed by atoms with Gasteiger partial charge in [-0.15, -0.1) is 0 Å². The monoisotopic (exact) mass is 280 g/mol. The standard InChI is InChI=1S/C18H36N2/c1-4-8-15-11-12-18(19-5-2)16(13-15)14-20(3)17-9-6-7-10-17/h15-19H,4-14H2,1-3H3. The van der Waals surface area contributed by atoms with E-state index in [1.54, 1.807) is 0 Å². The van der Waals surface area contributed by atoms with Crippen molar-refractivity contribution in [2.24, 2.45) is 11.8 Å². The molecular weight excluding hydrogens is 244 g/mol. The summed E-state index contributed by atoms with van der Waals surface area (Å²) < 4.78 is 0. The van der Waals surface area contributed by atoms with Gasteiger partial charge in [0, 0.05) is 18.6 Å². The molecule has 0 aromatic carbocycles. The summed E-state index contributed by atoms with van der Waals surface area (Å²) in [6.07, 6.45) is 12.9. The van der Waals surface area contributed by atoms with Gasteiger partial charge in [-0.1, -0.05) is 39.5 Å². The second-order valence-electron chi connectivity index (χ2n) is 7.27. The highest BCUT2D eigenvalue weighted by Gasteiger charge is 2.31. The summed E-state index contributed by atoms with van der Waals surface area (Å²) in [5.41, 5.74) is 0. The minimum Gasteiger partial charge on any atom is -0.314 e. The van der Waals surface area contributed by atoms with E-state index < -0.39 is 0 Å². The molecule has 0 amide bonds. The van der Waals surface area contributed by atoms with E-state index in [0.29, 0.717) is 0 Å². The second kappa shape index (κ2) is 8.38. The second-order valence-corrected chi connectivity index (χ2v) is 7.27. The molecule has 0 aromatic heterocycles. The Morgan fingerprint density at radius 1 is 1.05 bits per heavy atom. The van der Waals surface area contributed by atoms with Gasteiger partial charge in [-0.3, -0.25) is 0 Å². The Balaban J connectivity index is 1.88. The smallest absolute Gasteiger partial charge is 0.0108 e. The van der Waals surface area contributed by atoms with Crippen molar-refractivity contribution in [3.8, 4) is 0 Å². The highest BCUT2D eigenvalue weighted by Crippen LogP contribution is 2.34. The predicted molar refractivity (Wildman–Crippen MR) is 88.1 cm³/mol. The minimum atomic E-state index is 0.775. The van der Waals surface area contributed by atoms with Crippen LogP contribution >= 0.6 is 0 Å². The molecule has 1 N–H and O–H groups in total. The molecule has 0 spiro atoms. The molecule has 2 heteroatoms. The van der Waals surface area contributed by atoms with Crippen molar-refractivity contribution in [1.29, 1.82) is 0 Å². The summed E-state index contributed by atoms with van der Waals surface area (Å²) >= 11 is 0. The first kappa shape index (κ1) is 16.3. The molecule has 2 aliphatic rings. The zero-order valence-corrected chi connectivity index (χ0v) is 14.0. The zero-order valence-electron chi connectivity index (χ0n) is 14.0. The molecule has 2 rings (SSSR count). The summed E-state index contributed by atoms with van der Waals surface area (Å²) in [4.78, 5) is 2.69. The van der Waals surface area contributed by atoms with Crippen molar-refractivity contribution in [1.82, 2.24) is 10.2 Å². The lowest BCUT2D eigenvalue weighted by atomic mass is 9.76. The summed E-state index contributed by atoms with van der Waals surface area (Å²) in [6, 6.07) is 1.65. The Morgan fingerprint density at radius 2 is 1.80 bits per heavy atom. The lowest BCUT2D eigenvalue weighted by Crippen LogP contribution is -2.46. The van der Waals surface area contributed by atoms with Crippen LogP contribution in [0.4, 0.5) is 0 Å². The van der Waals surface area contributed by atoms with Crippen LogP contribution < -0.4 is 5.32 Å². The molecule has 3 unspecified atom stereocenters. The third kappa shape index (κ3) is 4.46. The van der Waals surface area contributed by atoms with E-state index in [1.165, 1.54) is 64.3 Å². The van der Waals surface area contributed by atoms with Crippen molar-refractivity contribution in [3.63, 3.8) is 0 Å². The molecule has 0 radical (unpaired) electrons. The molecule has 118 valence electrons. The Kier molecular flexibility index (Phi) is 6.83. The highest BCUT2D eigenvalue weighted by atomic mass is 15.1. The molecule has 2 saturated carbocycles. The number of hydrogen-bond acceptors (Lipinski definition) is 2. The van der Waals surface area contributed by atoms with Gasteiger partial charge in [0.25, 0.3) is 0 Å². The first-order valence-electron chi connectivity index (χ1n) is 9.18. The maximum Gasteiger partial charge on any atom is 0.0108 e. The molecule has 0 aromatic rings. The average Bonchev–Trinajstić information content (AvgIpc) is 2.96. The highest BCUT2D eigenvalue weighted by molar-refractivity contribution is 4.87. The topological polar surface area (TPSA) is 15.3 Å². The lowest BCUT2D eigenvalue weighted by molar-refractivity contribution is 0.128. The maximum absolute atomic E-state index is 3.77. The molecule has 0 saturated heterocycles. The first-order valence-corrected chi connectivity index (χ1v) is 9.18. The summed E-state index contributed by atoms with van der Waals surface area (Å²) in [5, 5.41) is 3.77. The molecule has 2 aliphatic carbocycles. The van der Waals surface area contributed by atoms with Crippen LogP contribution in [0, 0.1) is 11.8 Å². The van der Waals surface area contributed by atoms with Crippen LogP contribution in [-0.2, 0) is 0 Å². The Labute approximate surface area is 126 Å². The van der Waals surface area contributed by atoms with Crippen molar-refractivity contribution in [2.45, 2.75) is 83.7 Å². The lowest BCUT2D eigenvalue weighted by Gasteiger charge is -2.40. The maximum atomic E-state index is 3.77. The third-order valence-electron chi connectivity index (χ3n) is 5.72. The molecule has 2 nitrogen and oxygen atoms in total. The zero-order chi connectivity index (χ0) is 14.4. The van der Waals surface area contributed by atoms with Crippen molar-refractivity contribution in [3.05, 3.63) is 0 Å². The van der Waals surface area contributed by atoms with E-state index in [-0.39, 0.29) is 0 Å². The SMILES string of the molecule is CCCC1CCC(NCC)C(CN(C)C2CCCC2)C1. The van der Waals surface area contributed by atoms with Crippen molar-refractivity contribution >= 4 is 0 Å². The van der Waals surface area contributed by atoms with E-state index in [1.807, 2.05) is 0 Å². The largest absolute Gasteiger partial charge is 0.314 e. The predicted octanol–water partition coefficient (Wildman–Crippen LogP) is 4.06. The van der Waals surface area contributed by atoms with Crippen LogP contribution in [0.5, 0.6) is 0 Å². The van der Waals surface area contributed by atoms with Gasteiger partial charge in [-0.25, -0.2) is 0 Å². The quantitative estimate of drug-likeness (QED) is 0.756. The van der Waals surface area contributed by atoms with Gasteiger partial charge in [-0.2, -0.15) is 0 Å². The van der Waals surface area contributed by atoms with E-state index in [2.05, 4.69) is 31.1 Å². The van der Waals surface area contributed by atoms with E-state index >= 15 is 0 Å². The molecule has 3 atom stereocenters. The Morgan fingerprint density at radius 3 is 2.45 bits per heavy atom. The van der Waals surface area contributed by atoms with Crippen LogP contribution in [-0.4, -0.2) is 37.1 Å². The van der Waals surface area contributed by atoms with Gasteiger partial charge in [0.1, 0.15) is 0 Å². The van der Waals surface area contributed by atoms with Gasteiger partial charge < -0.3 is 10.2 Å². The number of rotatable bonds is 7. The summed E-state index contributed by atoms with van der Waals surface area (Å²) in [7, 11) is 2.38. The number of nitrogens with one attached hydrogen (secondary N) is 1. The van der Waals surface area contributed by atoms with Gasteiger partial charge in [-0.05, 0) is 57.5 Å². The normalized spacial score (nSPS) is 32.1. The third-order valence-corrected chi connectivity index (χ3v) is 5.72. The molecule has 0 bridgehead atoms. The number of hydrogen-bond donors (Lipinski definition) is 1. The van der Waals surface area contributed by atoms with Gasteiger partial charge >= 0.3 is 0 Å². The van der Waals surface area contributed by atoms with Crippen LogP contribution in [0.3, 0.4) is 0 Å². The van der Waals surface area contributed by atoms with Crippen molar-refractivity contribution < 1.29 is 0 Å². The van der Waals surface area contributed by atoms with Crippen LogP contribution in [0.25, 0.3) is 0 Å². The molecule has 0 aliphatic heterocycles. The van der Waals surface area contributed by atoms with Gasteiger partial charge in [0.15, 0.2) is 0 Å². The fourth-order valence-corrected chi connectivity index (χ4v) is 4.63. The number of nitrogens with zero attached hydrogens (tertiary/aromatic N) is 1. The molecule has 20 heavy (non-hydrogen) atoms. The molecule has 0 heterocycles. The Bertz CT molecular complexity index is 260. The van der Waals surface area contributed by atoms with Crippen LogP contribution in [0.15, 0.2) is 0 Å². The summed E-state index contributed by atoms with van der Waals surface area (Å²) in [5.74, 6) is 1.88. The summed E-state index contributed by atoms with van der Waals surface area (Å²) in [6.45, 7) is 7.06. The van der Waals surface area contributed by atoms with Crippen molar-refractivity contribution in [2.75, 3.05) is 20.1 Å².